The molecule has 350 valence electrons. The summed E-state index contributed by atoms with van der Waals surface area (Å²) in [5.41, 5.74) is 0. The molecule has 0 aliphatic carbocycles. The maximum Gasteiger partial charge on any atom is 0.306 e. The highest BCUT2D eigenvalue weighted by Gasteiger charge is 2.19. The Hall–Kier alpha value is -3.93. The summed E-state index contributed by atoms with van der Waals surface area (Å²) < 4.78 is 16.7. The van der Waals surface area contributed by atoms with Gasteiger partial charge in [0.05, 0.1) is 0 Å². The molecule has 0 bridgehead atoms. The van der Waals surface area contributed by atoms with Crippen molar-refractivity contribution in [1.29, 1.82) is 0 Å². The van der Waals surface area contributed by atoms with Crippen molar-refractivity contribution in [3.05, 3.63) is 109 Å². The van der Waals surface area contributed by atoms with Gasteiger partial charge in [0.1, 0.15) is 13.2 Å². The summed E-state index contributed by atoms with van der Waals surface area (Å²) in [5.74, 6) is -1.03. The Labute approximate surface area is 380 Å². The zero-order valence-electron chi connectivity index (χ0n) is 39.8. The Balaban J connectivity index is 4.53. The zero-order valence-corrected chi connectivity index (χ0v) is 39.8. The summed E-state index contributed by atoms with van der Waals surface area (Å²) in [5, 5.41) is 0. The van der Waals surface area contributed by atoms with E-state index in [0.717, 1.165) is 109 Å². The molecule has 0 saturated carbocycles. The summed E-state index contributed by atoms with van der Waals surface area (Å²) in [6, 6.07) is 0. The van der Waals surface area contributed by atoms with Crippen LogP contribution in [0.25, 0.3) is 0 Å². The average Bonchev–Trinajstić information content (AvgIpc) is 3.27. The van der Waals surface area contributed by atoms with Gasteiger partial charge in [-0.05, 0) is 89.9 Å². The molecule has 0 aliphatic heterocycles. The van der Waals surface area contributed by atoms with Gasteiger partial charge in [-0.3, -0.25) is 14.4 Å². The van der Waals surface area contributed by atoms with Crippen LogP contribution in [0.3, 0.4) is 0 Å². The third-order valence-electron chi connectivity index (χ3n) is 10.0. The minimum Gasteiger partial charge on any atom is -0.462 e. The molecular formula is C56H90O6. The molecule has 1 atom stereocenters. The second-order valence-electron chi connectivity index (χ2n) is 16.0. The van der Waals surface area contributed by atoms with E-state index in [9.17, 15) is 14.4 Å². The van der Waals surface area contributed by atoms with Crippen LogP contribution in [0.1, 0.15) is 207 Å². The topological polar surface area (TPSA) is 78.9 Å². The first kappa shape index (κ1) is 58.1. The van der Waals surface area contributed by atoms with E-state index in [1.165, 1.54) is 51.4 Å². The number of hydrogen-bond donors (Lipinski definition) is 0. The minimum absolute atomic E-state index is 0.111. The molecule has 0 N–H and O–H groups in total. The Bertz CT molecular complexity index is 1310. The van der Waals surface area contributed by atoms with Crippen LogP contribution >= 0.6 is 0 Å². The molecule has 0 amide bonds. The van der Waals surface area contributed by atoms with Crippen molar-refractivity contribution < 1.29 is 28.6 Å². The van der Waals surface area contributed by atoms with Crippen LogP contribution in [-0.4, -0.2) is 37.2 Å². The van der Waals surface area contributed by atoms with Gasteiger partial charge in [-0.2, -0.15) is 0 Å². The van der Waals surface area contributed by atoms with Crippen LogP contribution < -0.4 is 0 Å². The molecule has 0 rings (SSSR count). The number of hydrogen-bond acceptors (Lipinski definition) is 6. The van der Waals surface area contributed by atoms with Crippen LogP contribution in [0.4, 0.5) is 0 Å². The summed E-state index contributed by atoms with van der Waals surface area (Å²) >= 11 is 0. The number of rotatable bonds is 43. The first-order valence-electron chi connectivity index (χ1n) is 24.9. The number of allylic oxidation sites excluding steroid dienone is 18. The van der Waals surface area contributed by atoms with Crippen LogP contribution in [0.15, 0.2) is 109 Å². The summed E-state index contributed by atoms with van der Waals surface area (Å²) in [4.78, 5) is 37.9. The fraction of sp³-hybridized carbons (Fsp3) is 0.625. The highest BCUT2D eigenvalue weighted by atomic mass is 16.6. The first-order valence-corrected chi connectivity index (χ1v) is 24.9. The normalized spacial score (nSPS) is 13.0. The van der Waals surface area contributed by atoms with Gasteiger partial charge in [0.25, 0.3) is 0 Å². The molecule has 0 aromatic carbocycles. The molecule has 0 aromatic heterocycles. The maximum atomic E-state index is 12.8. The minimum atomic E-state index is -0.819. The highest BCUT2D eigenvalue weighted by molar-refractivity contribution is 5.71. The lowest BCUT2D eigenvalue weighted by Crippen LogP contribution is -2.30. The van der Waals surface area contributed by atoms with Crippen LogP contribution in [0.5, 0.6) is 0 Å². The number of unbranched alkanes of at least 4 members (excludes halogenated alkanes) is 14. The average molecular weight is 859 g/mol. The van der Waals surface area contributed by atoms with Gasteiger partial charge in [0.2, 0.25) is 0 Å². The van der Waals surface area contributed by atoms with E-state index in [1.807, 2.05) is 12.2 Å². The van der Waals surface area contributed by atoms with Crippen molar-refractivity contribution in [3.63, 3.8) is 0 Å². The lowest BCUT2D eigenvalue weighted by molar-refractivity contribution is -0.166. The second kappa shape index (κ2) is 49.7. The predicted molar refractivity (Wildman–Crippen MR) is 265 cm³/mol. The van der Waals surface area contributed by atoms with Crippen molar-refractivity contribution in [1.82, 2.24) is 0 Å². The monoisotopic (exact) mass is 859 g/mol. The van der Waals surface area contributed by atoms with E-state index in [-0.39, 0.29) is 44.0 Å². The Kier molecular flexibility index (Phi) is 46.6. The van der Waals surface area contributed by atoms with E-state index < -0.39 is 6.10 Å². The van der Waals surface area contributed by atoms with E-state index in [2.05, 4.69) is 118 Å². The predicted octanol–water partition coefficient (Wildman–Crippen LogP) is 16.4. The van der Waals surface area contributed by atoms with Crippen molar-refractivity contribution in [2.75, 3.05) is 13.2 Å². The number of esters is 3. The number of carbonyl (C=O) groups is 3. The largest absolute Gasteiger partial charge is 0.462 e. The molecule has 0 aromatic rings. The molecule has 0 aliphatic rings. The van der Waals surface area contributed by atoms with E-state index >= 15 is 0 Å². The summed E-state index contributed by atoms with van der Waals surface area (Å²) in [6.45, 7) is 6.30. The van der Waals surface area contributed by atoms with Crippen LogP contribution in [0.2, 0.25) is 0 Å². The molecule has 6 nitrogen and oxygen atoms in total. The van der Waals surface area contributed by atoms with Gasteiger partial charge < -0.3 is 14.2 Å². The lowest BCUT2D eigenvalue weighted by atomic mass is 10.1. The van der Waals surface area contributed by atoms with Gasteiger partial charge in [0, 0.05) is 19.3 Å². The molecule has 0 fully saturated rings. The fourth-order valence-corrected chi connectivity index (χ4v) is 6.36. The van der Waals surface area contributed by atoms with E-state index in [1.54, 1.807) is 0 Å². The van der Waals surface area contributed by atoms with Crippen molar-refractivity contribution in [2.45, 2.75) is 213 Å². The van der Waals surface area contributed by atoms with Crippen LogP contribution in [-0.2, 0) is 28.6 Å². The molecule has 6 heteroatoms. The van der Waals surface area contributed by atoms with E-state index in [4.69, 9.17) is 14.2 Å². The second-order valence-corrected chi connectivity index (χ2v) is 16.0. The van der Waals surface area contributed by atoms with Gasteiger partial charge in [-0.15, -0.1) is 0 Å². The third kappa shape index (κ3) is 47.1. The molecule has 0 radical (unpaired) electrons. The van der Waals surface area contributed by atoms with Crippen molar-refractivity contribution >= 4 is 17.9 Å². The smallest absolute Gasteiger partial charge is 0.306 e. The quantitative estimate of drug-likeness (QED) is 0.0263. The summed E-state index contributed by atoms with van der Waals surface area (Å²) in [7, 11) is 0. The van der Waals surface area contributed by atoms with Crippen LogP contribution in [0, 0.1) is 0 Å². The van der Waals surface area contributed by atoms with Crippen molar-refractivity contribution in [3.8, 4) is 0 Å². The zero-order chi connectivity index (χ0) is 45.1. The molecule has 0 saturated heterocycles. The first-order chi connectivity index (χ1) is 30.5. The van der Waals surface area contributed by atoms with Gasteiger partial charge in [-0.25, -0.2) is 0 Å². The molecule has 62 heavy (non-hydrogen) atoms. The Morgan fingerprint density at radius 1 is 0.339 bits per heavy atom. The van der Waals surface area contributed by atoms with Gasteiger partial charge >= 0.3 is 17.9 Å². The fourth-order valence-electron chi connectivity index (χ4n) is 6.36. The molecule has 1 unspecified atom stereocenters. The Morgan fingerprint density at radius 3 is 1.08 bits per heavy atom. The SMILES string of the molecule is CC/C=C\C/C=C\C/C=C\C/C=C\C/C=C\C/C=C\CCC(=O)OCC(COC(=O)CCCCCCCCCCCCC)OC(=O)CCCCCC/C=C\C/C=C\C/C=C\CC. The Morgan fingerprint density at radius 2 is 0.661 bits per heavy atom. The van der Waals surface area contributed by atoms with E-state index in [0.29, 0.717) is 12.8 Å². The maximum absolute atomic E-state index is 12.8. The third-order valence-corrected chi connectivity index (χ3v) is 10.0. The molecule has 0 spiro atoms. The van der Waals surface area contributed by atoms with Gasteiger partial charge in [-0.1, -0.05) is 207 Å². The van der Waals surface area contributed by atoms with Gasteiger partial charge in [0.15, 0.2) is 6.10 Å². The molecular weight excluding hydrogens is 769 g/mol. The lowest BCUT2D eigenvalue weighted by Gasteiger charge is -2.18. The van der Waals surface area contributed by atoms with Crippen molar-refractivity contribution in [2.24, 2.45) is 0 Å². The number of carbonyl (C=O) groups excluding carboxylic acids is 3. The summed E-state index contributed by atoms with van der Waals surface area (Å²) in [6.07, 6.45) is 66.5. The number of ether oxygens (including phenoxy) is 3. The molecule has 0 heterocycles. The standard InChI is InChI=1S/C56H90O6/c1-4-7-10-13-16-19-22-24-26-27-28-29-30-32-34-37-40-43-46-49-55(58)61-52-53(51-60-54(57)48-45-42-39-36-33-21-18-15-12-9-6-3)62-56(59)50-47-44-41-38-35-31-25-23-20-17-14-11-8-5-2/h7-8,10-11,16-17,19-20,24-26,28-29,31-32,34,40,43,53H,4-6,9,12-15,18,21-23,27,30,33,35-39,41-42,44-52H2,1-3H3/b10-7-,11-8-,19-16-,20-17-,26-24-,29-28-,31-25-,34-32-,43-40-. The highest BCUT2D eigenvalue weighted by Crippen LogP contribution is 2.13.